The Balaban J connectivity index is 1.78. The highest BCUT2D eigenvalue weighted by atomic mass is 35.5. The number of rotatable bonds is 5. The number of hydrogen-bond donors (Lipinski definition) is 2. The van der Waals surface area contributed by atoms with Crippen molar-refractivity contribution in [2.75, 3.05) is 0 Å². The lowest BCUT2D eigenvalue weighted by Gasteiger charge is -2.15. The van der Waals surface area contributed by atoms with Crippen LogP contribution in [0.2, 0.25) is 5.02 Å². The fraction of sp³-hybridized carbons (Fsp3) is 0.250. The molecule has 1 atom stereocenters. The van der Waals surface area contributed by atoms with Crippen LogP contribution in [-0.4, -0.2) is 22.5 Å². The largest absolute Gasteiger partial charge is 0.481 e. The molecule has 1 aromatic heterocycles. The molecule has 0 fully saturated rings. The molecule has 7 heteroatoms. The van der Waals surface area contributed by atoms with Gasteiger partial charge in [0.15, 0.2) is 6.10 Å². The van der Waals surface area contributed by atoms with Gasteiger partial charge in [0, 0.05) is 24.0 Å². The van der Waals surface area contributed by atoms with Gasteiger partial charge in [-0.3, -0.25) is 20.4 Å². The predicted octanol–water partition coefficient (Wildman–Crippen LogP) is 1.84. The highest BCUT2D eigenvalue weighted by Crippen LogP contribution is 2.16. The summed E-state index contributed by atoms with van der Waals surface area (Å²) in [6.07, 6.45) is 1.27. The van der Waals surface area contributed by atoms with E-state index in [9.17, 15) is 9.59 Å². The van der Waals surface area contributed by atoms with Crippen molar-refractivity contribution in [2.45, 2.75) is 19.4 Å². The summed E-state index contributed by atoms with van der Waals surface area (Å²) in [4.78, 5) is 23.7. The van der Waals surface area contributed by atoms with Gasteiger partial charge >= 0.3 is 0 Å². The van der Waals surface area contributed by atoms with Crippen molar-refractivity contribution >= 4 is 23.4 Å². The Labute approximate surface area is 139 Å². The maximum atomic E-state index is 11.9. The molecule has 0 aliphatic heterocycles. The molecule has 1 heterocycles. The zero-order chi connectivity index (χ0) is 16.8. The number of amides is 2. The third-order valence-corrected chi connectivity index (χ3v) is 3.47. The van der Waals surface area contributed by atoms with E-state index in [1.54, 1.807) is 31.2 Å². The molecule has 0 spiro atoms. The summed E-state index contributed by atoms with van der Waals surface area (Å²) in [7, 11) is 1.85. The molecule has 0 saturated carbocycles. The van der Waals surface area contributed by atoms with Crippen molar-refractivity contribution in [3.05, 3.63) is 53.3 Å². The first-order chi connectivity index (χ1) is 11.0. The van der Waals surface area contributed by atoms with Crippen LogP contribution >= 0.6 is 11.6 Å². The van der Waals surface area contributed by atoms with Gasteiger partial charge in [-0.1, -0.05) is 11.6 Å². The van der Waals surface area contributed by atoms with Crippen LogP contribution in [-0.2, 0) is 23.1 Å². The van der Waals surface area contributed by atoms with Gasteiger partial charge in [-0.15, -0.1) is 0 Å². The summed E-state index contributed by atoms with van der Waals surface area (Å²) in [5.41, 5.74) is 5.57. The summed E-state index contributed by atoms with van der Waals surface area (Å²) >= 11 is 5.78. The van der Waals surface area contributed by atoms with E-state index in [0.717, 1.165) is 5.69 Å². The molecule has 2 N–H and O–H groups in total. The lowest BCUT2D eigenvalue weighted by Crippen LogP contribution is -2.47. The molecule has 0 bridgehead atoms. The fourth-order valence-electron chi connectivity index (χ4n) is 1.89. The van der Waals surface area contributed by atoms with Gasteiger partial charge < -0.3 is 9.30 Å². The lowest BCUT2D eigenvalue weighted by atomic mass is 10.3. The van der Waals surface area contributed by atoms with Gasteiger partial charge in [-0.05, 0) is 43.3 Å². The molecule has 0 aliphatic rings. The van der Waals surface area contributed by atoms with Crippen LogP contribution in [0.4, 0.5) is 0 Å². The first-order valence-electron chi connectivity index (χ1n) is 7.07. The van der Waals surface area contributed by atoms with E-state index in [4.69, 9.17) is 16.3 Å². The Morgan fingerprint density at radius 3 is 2.52 bits per heavy atom. The van der Waals surface area contributed by atoms with Crippen molar-refractivity contribution in [1.29, 1.82) is 0 Å². The quantitative estimate of drug-likeness (QED) is 0.819. The topological polar surface area (TPSA) is 72.4 Å². The van der Waals surface area contributed by atoms with Crippen LogP contribution in [0.5, 0.6) is 5.75 Å². The summed E-state index contributed by atoms with van der Waals surface area (Å²) < 4.78 is 7.30. The van der Waals surface area contributed by atoms with Gasteiger partial charge in [0.2, 0.25) is 5.91 Å². The Morgan fingerprint density at radius 1 is 1.22 bits per heavy atom. The number of aryl methyl sites for hydroxylation is 1. The standard InChI is InChI=1S/C16H18ClN3O3/c1-11(23-14-7-5-12(17)6-8-14)16(22)19-18-15(21)10-13-4-3-9-20(13)2/h3-9,11H,10H2,1-2H3,(H,18,21)(H,19,22)/t11-/m0/s1. The number of nitrogens with zero attached hydrogens (tertiary/aromatic N) is 1. The summed E-state index contributed by atoms with van der Waals surface area (Å²) in [5.74, 6) is -0.230. The zero-order valence-electron chi connectivity index (χ0n) is 12.9. The van der Waals surface area contributed by atoms with Gasteiger partial charge in [0.25, 0.3) is 5.91 Å². The Bertz CT molecular complexity index is 682. The van der Waals surface area contributed by atoms with Crippen molar-refractivity contribution in [3.8, 4) is 5.75 Å². The Kier molecular flexibility index (Phi) is 5.65. The number of aromatic nitrogens is 1. The Hall–Kier alpha value is -2.47. The number of hydrogen-bond acceptors (Lipinski definition) is 3. The number of ether oxygens (including phenoxy) is 1. The molecule has 0 unspecified atom stereocenters. The molecule has 1 aromatic carbocycles. The maximum Gasteiger partial charge on any atom is 0.279 e. The molecule has 2 aromatic rings. The van der Waals surface area contributed by atoms with Crippen molar-refractivity contribution in [1.82, 2.24) is 15.4 Å². The van der Waals surface area contributed by atoms with E-state index in [1.165, 1.54) is 0 Å². The molecular formula is C16H18ClN3O3. The van der Waals surface area contributed by atoms with Crippen molar-refractivity contribution < 1.29 is 14.3 Å². The van der Waals surface area contributed by atoms with Crippen LogP contribution < -0.4 is 15.6 Å². The van der Waals surface area contributed by atoms with Gasteiger partial charge in [-0.25, -0.2) is 0 Å². The lowest BCUT2D eigenvalue weighted by molar-refractivity contribution is -0.132. The number of benzene rings is 1. The average molecular weight is 336 g/mol. The molecule has 122 valence electrons. The molecule has 0 aliphatic carbocycles. The van der Waals surface area contributed by atoms with Crippen molar-refractivity contribution in [2.24, 2.45) is 7.05 Å². The van der Waals surface area contributed by atoms with Gasteiger partial charge in [-0.2, -0.15) is 0 Å². The van der Waals surface area contributed by atoms with E-state index in [1.807, 2.05) is 29.9 Å². The number of halogens is 1. The number of carbonyl (C=O) groups excluding carboxylic acids is 2. The monoisotopic (exact) mass is 335 g/mol. The first kappa shape index (κ1) is 16.9. The van der Waals surface area contributed by atoms with E-state index >= 15 is 0 Å². The van der Waals surface area contributed by atoms with E-state index in [0.29, 0.717) is 10.8 Å². The molecular weight excluding hydrogens is 318 g/mol. The fourth-order valence-corrected chi connectivity index (χ4v) is 2.02. The van der Waals surface area contributed by atoms with Crippen LogP contribution in [0.25, 0.3) is 0 Å². The van der Waals surface area contributed by atoms with E-state index in [-0.39, 0.29) is 12.3 Å². The highest BCUT2D eigenvalue weighted by Gasteiger charge is 2.15. The summed E-state index contributed by atoms with van der Waals surface area (Å²) in [6, 6.07) is 10.4. The minimum Gasteiger partial charge on any atom is -0.481 e. The van der Waals surface area contributed by atoms with Gasteiger partial charge in [0.05, 0.1) is 6.42 Å². The van der Waals surface area contributed by atoms with Crippen molar-refractivity contribution in [3.63, 3.8) is 0 Å². The van der Waals surface area contributed by atoms with Crippen LogP contribution in [0.1, 0.15) is 12.6 Å². The second-order valence-electron chi connectivity index (χ2n) is 5.04. The van der Waals surface area contributed by atoms with Crippen LogP contribution in [0.15, 0.2) is 42.6 Å². The molecule has 6 nitrogen and oxygen atoms in total. The summed E-state index contributed by atoms with van der Waals surface area (Å²) in [6.45, 7) is 1.59. The highest BCUT2D eigenvalue weighted by molar-refractivity contribution is 6.30. The first-order valence-corrected chi connectivity index (χ1v) is 7.44. The normalized spacial score (nSPS) is 11.6. The predicted molar refractivity (Wildman–Crippen MR) is 86.9 cm³/mol. The average Bonchev–Trinajstić information content (AvgIpc) is 2.92. The third kappa shape index (κ3) is 5.03. The van der Waals surface area contributed by atoms with Gasteiger partial charge in [0.1, 0.15) is 5.75 Å². The third-order valence-electron chi connectivity index (χ3n) is 3.21. The Morgan fingerprint density at radius 2 is 1.91 bits per heavy atom. The summed E-state index contributed by atoms with van der Waals surface area (Å²) in [5, 5.41) is 0.586. The molecule has 2 amide bonds. The van der Waals surface area contributed by atoms with Crippen LogP contribution in [0, 0.1) is 0 Å². The minimum atomic E-state index is -0.758. The van der Waals surface area contributed by atoms with Crippen LogP contribution in [0.3, 0.4) is 0 Å². The zero-order valence-corrected chi connectivity index (χ0v) is 13.6. The number of nitrogens with one attached hydrogen (secondary N) is 2. The number of carbonyl (C=O) groups is 2. The molecule has 2 rings (SSSR count). The van der Waals surface area contributed by atoms with E-state index < -0.39 is 12.0 Å². The molecule has 0 saturated heterocycles. The SMILES string of the molecule is C[C@H](Oc1ccc(Cl)cc1)C(=O)NNC(=O)Cc1cccn1C. The maximum absolute atomic E-state index is 11.9. The number of hydrazine groups is 1. The van der Waals surface area contributed by atoms with E-state index in [2.05, 4.69) is 10.9 Å². The molecule has 0 radical (unpaired) electrons. The smallest absolute Gasteiger partial charge is 0.279 e. The molecule has 23 heavy (non-hydrogen) atoms. The second-order valence-corrected chi connectivity index (χ2v) is 5.48. The second kappa shape index (κ2) is 7.69. The minimum absolute atomic E-state index is 0.177.